The van der Waals surface area contributed by atoms with Gasteiger partial charge in [-0.15, -0.1) is 0 Å². The number of ether oxygens (including phenoxy) is 1. The highest BCUT2D eigenvalue weighted by molar-refractivity contribution is 5.84. The van der Waals surface area contributed by atoms with E-state index in [4.69, 9.17) is 9.84 Å². The number of carboxylic acids is 1. The summed E-state index contributed by atoms with van der Waals surface area (Å²) in [6, 6.07) is 6.68. The zero-order chi connectivity index (χ0) is 16.0. The number of rotatable bonds is 7. The highest BCUT2D eigenvalue weighted by Crippen LogP contribution is 2.27. The molecule has 1 aromatic carbocycles. The van der Waals surface area contributed by atoms with E-state index in [1.54, 1.807) is 0 Å². The molecule has 0 aromatic heterocycles. The zero-order valence-corrected chi connectivity index (χ0v) is 13.0. The number of amides is 1. The molecule has 5 heteroatoms. The second-order valence-electron chi connectivity index (χ2n) is 5.68. The second-order valence-corrected chi connectivity index (χ2v) is 5.68. The molecule has 2 N–H and O–H groups in total. The van der Waals surface area contributed by atoms with Gasteiger partial charge < -0.3 is 15.2 Å². The monoisotopic (exact) mass is 293 g/mol. The molecule has 0 bridgehead atoms. The van der Waals surface area contributed by atoms with Gasteiger partial charge in [0.2, 0.25) is 0 Å². The van der Waals surface area contributed by atoms with Gasteiger partial charge in [0, 0.05) is 0 Å². The van der Waals surface area contributed by atoms with Crippen LogP contribution in [0.15, 0.2) is 24.3 Å². The van der Waals surface area contributed by atoms with Gasteiger partial charge in [-0.05, 0) is 36.5 Å². The number of hydrogen-bond acceptors (Lipinski definition) is 3. The van der Waals surface area contributed by atoms with Crippen LogP contribution in [-0.4, -0.2) is 29.6 Å². The van der Waals surface area contributed by atoms with Crippen LogP contribution in [0, 0.1) is 0 Å². The number of hydrogen-bond donors (Lipinski definition) is 2. The minimum atomic E-state index is -1.07. The van der Waals surface area contributed by atoms with Crippen molar-refractivity contribution in [2.24, 2.45) is 0 Å². The van der Waals surface area contributed by atoms with Crippen LogP contribution in [0.25, 0.3) is 0 Å². The Labute approximate surface area is 125 Å². The lowest BCUT2D eigenvalue weighted by Crippen LogP contribution is -2.40. The zero-order valence-electron chi connectivity index (χ0n) is 13.0. The van der Waals surface area contributed by atoms with Crippen molar-refractivity contribution >= 4 is 11.9 Å². The fourth-order valence-corrected chi connectivity index (χ4v) is 1.70. The molecule has 0 aliphatic rings. The van der Waals surface area contributed by atoms with E-state index in [2.05, 4.69) is 26.1 Å². The Hall–Kier alpha value is -2.04. The van der Waals surface area contributed by atoms with Crippen LogP contribution in [-0.2, 0) is 15.0 Å². The van der Waals surface area contributed by atoms with Gasteiger partial charge >= 0.3 is 5.97 Å². The van der Waals surface area contributed by atoms with E-state index >= 15 is 0 Å². The van der Waals surface area contributed by atoms with Gasteiger partial charge in [-0.3, -0.25) is 9.59 Å². The third kappa shape index (κ3) is 5.10. The predicted molar refractivity (Wildman–Crippen MR) is 80.5 cm³/mol. The molecule has 1 rings (SSSR count). The van der Waals surface area contributed by atoms with Gasteiger partial charge in [0.1, 0.15) is 11.8 Å². The summed E-state index contributed by atoms with van der Waals surface area (Å²) >= 11 is 0. The van der Waals surface area contributed by atoms with Crippen molar-refractivity contribution in [3.05, 3.63) is 29.8 Å². The molecule has 1 atom stereocenters. The second kappa shape index (κ2) is 7.11. The van der Waals surface area contributed by atoms with Crippen LogP contribution in [0.2, 0.25) is 0 Å². The number of benzene rings is 1. The molecule has 116 valence electrons. The third-order valence-electron chi connectivity index (χ3n) is 3.64. The van der Waals surface area contributed by atoms with Crippen molar-refractivity contribution in [1.29, 1.82) is 0 Å². The molecule has 0 unspecified atom stereocenters. The molecule has 0 aliphatic heterocycles. The van der Waals surface area contributed by atoms with Gasteiger partial charge in [0.25, 0.3) is 5.91 Å². The van der Waals surface area contributed by atoms with Crippen molar-refractivity contribution in [2.45, 2.75) is 45.6 Å². The van der Waals surface area contributed by atoms with E-state index in [0.717, 1.165) is 6.42 Å². The first-order valence-electron chi connectivity index (χ1n) is 7.01. The van der Waals surface area contributed by atoms with E-state index in [9.17, 15) is 9.59 Å². The summed E-state index contributed by atoms with van der Waals surface area (Å²) in [5.41, 5.74) is 1.31. The maximum atomic E-state index is 11.5. The third-order valence-corrected chi connectivity index (χ3v) is 3.64. The number of carbonyl (C=O) groups is 2. The average molecular weight is 293 g/mol. The summed E-state index contributed by atoms with van der Waals surface area (Å²) in [6.07, 6.45) is 1.03. The standard InChI is InChI=1S/C16H23NO4/c1-5-16(3,4)12-6-8-13(9-7-12)21-10-14(18)17-11(2)15(19)20/h6-9,11H,5,10H2,1-4H3,(H,17,18)(H,19,20)/t11-/m1/s1. The van der Waals surface area contributed by atoms with E-state index in [0.29, 0.717) is 5.75 Å². The van der Waals surface area contributed by atoms with E-state index in [1.165, 1.54) is 12.5 Å². The van der Waals surface area contributed by atoms with Crippen LogP contribution in [0.1, 0.15) is 39.7 Å². The SMILES string of the molecule is CCC(C)(C)c1ccc(OCC(=O)N[C@H](C)C(=O)O)cc1. The van der Waals surface area contributed by atoms with Gasteiger partial charge in [0.05, 0.1) is 0 Å². The molecule has 0 fully saturated rings. The summed E-state index contributed by atoms with van der Waals surface area (Å²) in [6.45, 7) is 7.68. The Morgan fingerprint density at radius 2 is 1.86 bits per heavy atom. The highest BCUT2D eigenvalue weighted by Gasteiger charge is 2.18. The topological polar surface area (TPSA) is 75.6 Å². The van der Waals surface area contributed by atoms with E-state index in [-0.39, 0.29) is 12.0 Å². The largest absolute Gasteiger partial charge is 0.484 e. The smallest absolute Gasteiger partial charge is 0.325 e. The highest BCUT2D eigenvalue weighted by atomic mass is 16.5. The predicted octanol–water partition coefficient (Wildman–Crippen LogP) is 2.34. The minimum Gasteiger partial charge on any atom is -0.484 e. The number of carboxylic acid groups (broad SMARTS) is 1. The Morgan fingerprint density at radius 3 is 2.33 bits per heavy atom. The Balaban J connectivity index is 2.53. The van der Waals surface area contributed by atoms with E-state index < -0.39 is 17.9 Å². The van der Waals surface area contributed by atoms with Crippen molar-refractivity contribution in [2.75, 3.05) is 6.61 Å². The van der Waals surface area contributed by atoms with Crippen molar-refractivity contribution in [3.63, 3.8) is 0 Å². The average Bonchev–Trinajstić information content (AvgIpc) is 2.45. The summed E-state index contributed by atoms with van der Waals surface area (Å²) in [4.78, 5) is 22.1. The summed E-state index contributed by atoms with van der Waals surface area (Å²) < 4.78 is 5.34. The van der Waals surface area contributed by atoms with Crippen molar-refractivity contribution in [3.8, 4) is 5.75 Å². The molecule has 0 aliphatic carbocycles. The van der Waals surface area contributed by atoms with Crippen molar-refractivity contribution in [1.82, 2.24) is 5.32 Å². The maximum absolute atomic E-state index is 11.5. The Morgan fingerprint density at radius 1 is 1.29 bits per heavy atom. The lowest BCUT2D eigenvalue weighted by Gasteiger charge is -2.23. The molecular formula is C16H23NO4. The maximum Gasteiger partial charge on any atom is 0.325 e. The molecule has 0 radical (unpaired) electrons. The Bertz CT molecular complexity index is 494. The molecule has 0 heterocycles. The van der Waals surface area contributed by atoms with Crippen LogP contribution in [0.4, 0.5) is 0 Å². The summed E-state index contributed by atoms with van der Waals surface area (Å²) in [7, 11) is 0. The molecule has 21 heavy (non-hydrogen) atoms. The summed E-state index contributed by atoms with van der Waals surface area (Å²) in [5, 5.41) is 11.0. The van der Waals surface area contributed by atoms with Gasteiger partial charge in [-0.1, -0.05) is 32.9 Å². The number of aliphatic carboxylic acids is 1. The molecular weight excluding hydrogens is 270 g/mol. The first-order valence-corrected chi connectivity index (χ1v) is 7.01. The fourth-order valence-electron chi connectivity index (χ4n) is 1.70. The van der Waals surface area contributed by atoms with Crippen molar-refractivity contribution < 1.29 is 19.4 Å². The lowest BCUT2D eigenvalue weighted by molar-refractivity contribution is -0.141. The van der Waals surface area contributed by atoms with Crippen LogP contribution in [0.5, 0.6) is 5.75 Å². The molecule has 0 saturated heterocycles. The molecule has 1 amide bonds. The molecule has 0 saturated carbocycles. The van der Waals surface area contributed by atoms with Crippen LogP contribution < -0.4 is 10.1 Å². The molecule has 0 spiro atoms. The Kier molecular flexibility index (Phi) is 5.76. The minimum absolute atomic E-state index is 0.104. The van der Waals surface area contributed by atoms with Gasteiger partial charge in [-0.2, -0.15) is 0 Å². The van der Waals surface area contributed by atoms with Gasteiger partial charge in [0.15, 0.2) is 6.61 Å². The fraction of sp³-hybridized carbons (Fsp3) is 0.500. The molecule has 5 nitrogen and oxygen atoms in total. The van der Waals surface area contributed by atoms with Crippen LogP contribution >= 0.6 is 0 Å². The van der Waals surface area contributed by atoms with Gasteiger partial charge in [-0.25, -0.2) is 0 Å². The summed E-state index contributed by atoms with van der Waals surface area (Å²) in [5.74, 6) is -0.943. The quantitative estimate of drug-likeness (QED) is 0.809. The molecule has 1 aromatic rings. The normalized spacial score (nSPS) is 12.6. The number of carbonyl (C=O) groups excluding carboxylic acids is 1. The lowest BCUT2D eigenvalue weighted by atomic mass is 9.82. The first-order chi connectivity index (χ1) is 9.76. The first kappa shape index (κ1) is 17.0. The van der Waals surface area contributed by atoms with E-state index in [1.807, 2.05) is 24.3 Å². The number of nitrogens with one attached hydrogen (secondary N) is 1. The van der Waals surface area contributed by atoms with Crippen LogP contribution in [0.3, 0.4) is 0 Å².